The summed E-state index contributed by atoms with van der Waals surface area (Å²) in [7, 11) is 1.71. The van der Waals surface area contributed by atoms with Crippen molar-refractivity contribution in [3.63, 3.8) is 0 Å². The lowest BCUT2D eigenvalue weighted by atomic mass is 9.95. The van der Waals surface area contributed by atoms with E-state index in [1.54, 1.807) is 14.0 Å². The largest absolute Gasteiger partial charge is 0.357 e. The van der Waals surface area contributed by atoms with Gasteiger partial charge in [-0.05, 0) is 32.6 Å². The van der Waals surface area contributed by atoms with Gasteiger partial charge in [-0.2, -0.15) is 4.98 Å². The summed E-state index contributed by atoms with van der Waals surface area (Å²) >= 11 is 0. The van der Waals surface area contributed by atoms with E-state index in [9.17, 15) is 10.1 Å². The number of aryl methyl sites for hydroxylation is 1. The minimum absolute atomic E-state index is 0.0185. The Kier molecular flexibility index (Phi) is 4.06. The van der Waals surface area contributed by atoms with Gasteiger partial charge in [0.25, 0.3) is 0 Å². The normalized spacial score (nSPS) is 22.7. The van der Waals surface area contributed by atoms with Gasteiger partial charge in [0, 0.05) is 19.6 Å². The fraction of sp³-hybridized carbons (Fsp3) is 0.692. The van der Waals surface area contributed by atoms with Crippen LogP contribution in [-0.4, -0.2) is 34.5 Å². The molecule has 2 atom stereocenters. The Labute approximate surface area is 118 Å². The molecule has 0 aliphatic carbocycles. The summed E-state index contributed by atoms with van der Waals surface area (Å²) < 4.78 is 0. The van der Waals surface area contributed by atoms with Crippen LogP contribution in [0.5, 0.6) is 0 Å². The van der Waals surface area contributed by atoms with Crippen LogP contribution in [0.15, 0.2) is 0 Å². The van der Waals surface area contributed by atoms with Crippen molar-refractivity contribution in [3.8, 4) is 0 Å². The monoisotopic (exact) mass is 279 g/mol. The van der Waals surface area contributed by atoms with Crippen molar-refractivity contribution in [1.82, 2.24) is 9.97 Å². The molecule has 1 fully saturated rings. The van der Waals surface area contributed by atoms with Gasteiger partial charge in [-0.25, -0.2) is 4.98 Å². The molecule has 7 nitrogen and oxygen atoms in total. The van der Waals surface area contributed by atoms with Crippen molar-refractivity contribution in [3.05, 3.63) is 15.8 Å². The maximum absolute atomic E-state index is 11.4. The van der Waals surface area contributed by atoms with Crippen molar-refractivity contribution in [2.24, 2.45) is 5.92 Å². The third-order valence-electron chi connectivity index (χ3n) is 3.84. The molecule has 1 saturated heterocycles. The van der Waals surface area contributed by atoms with E-state index in [0.717, 1.165) is 19.4 Å². The number of nitrogens with zero attached hydrogens (tertiary/aromatic N) is 4. The number of rotatable bonds is 3. The van der Waals surface area contributed by atoms with Crippen LogP contribution >= 0.6 is 0 Å². The molecule has 0 radical (unpaired) electrons. The topological polar surface area (TPSA) is 84.2 Å². The first-order valence-corrected chi connectivity index (χ1v) is 6.91. The third-order valence-corrected chi connectivity index (χ3v) is 3.84. The van der Waals surface area contributed by atoms with Crippen molar-refractivity contribution in [2.45, 2.75) is 39.7 Å². The lowest BCUT2D eigenvalue weighted by Crippen LogP contribution is -2.42. The van der Waals surface area contributed by atoms with Gasteiger partial charge >= 0.3 is 5.69 Å². The SMILES string of the molecule is CNc1nc(C)c([N+](=O)[O-])c(N2CC(C)CCC2C)n1. The van der Waals surface area contributed by atoms with Gasteiger partial charge in [0.15, 0.2) is 0 Å². The molecule has 110 valence electrons. The van der Waals surface area contributed by atoms with Gasteiger partial charge in [0.2, 0.25) is 11.8 Å². The zero-order valence-corrected chi connectivity index (χ0v) is 12.4. The Bertz CT molecular complexity index is 520. The summed E-state index contributed by atoms with van der Waals surface area (Å²) in [6.45, 7) is 6.70. The molecule has 20 heavy (non-hydrogen) atoms. The minimum atomic E-state index is -0.379. The van der Waals surface area contributed by atoms with Crippen molar-refractivity contribution < 1.29 is 4.92 Å². The van der Waals surface area contributed by atoms with E-state index in [1.807, 2.05) is 4.90 Å². The predicted octanol–water partition coefficient (Wildman–Crippen LogP) is 2.36. The minimum Gasteiger partial charge on any atom is -0.357 e. The molecule has 0 saturated carbocycles. The number of nitrogens with one attached hydrogen (secondary N) is 1. The van der Waals surface area contributed by atoms with Crippen molar-refractivity contribution in [1.29, 1.82) is 0 Å². The molecule has 1 aliphatic heterocycles. The molecule has 0 aromatic carbocycles. The Morgan fingerprint density at radius 2 is 2.05 bits per heavy atom. The van der Waals surface area contributed by atoms with E-state index in [2.05, 4.69) is 29.1 Å². The number of nitro groups is 1. The van der Waals surface area contributed by atoms with Gasteiger partial charge in [-0.3, -0.25) is 10.1 Å². The van der Waals surface area contributed by atoms with Gasteiger partial charge in [-0.15, -0.1) is 0 Å². The maximum atomic E-state index is 11.4. The highest BCUT2D eigenvalue weighted by molar-refractivity contribution is 5.63. The second kappa shape index (κ2) is 5.60. The number of hydrogen-bond acceptors (Lipinski definition) is 6. The summed E-state index contributed by atoms with van der Waals surface area (Å²) in [6.07, 6.45) is 2.17. The fourth-order valence-electron chi connectivity index (χ4n) is 2.66. The fourth-order valence-corrected chi connectivity index (χ4v) is 2.66. The lowest BCUT2D eigenvalue weighted by Gasteiger charge is -2.37. The highest BCUT2D eigenvalue weighted by Gasteiger charge is 2.32. The highest BCUT2D eigenvalue weighted by Crippen LogP contribution is 2.34. The van der Waals surface area contributed by atoms with Gasteiger partial charge in [-0.1, -0.05) is 6.92 Å². The molecule has 1 aliphatic rings. The van der Waals surface area contributed by atoms with Crippen LogP contribution in [0.2, 0.25) is 0 Å². The highest BCUT2D eigenvalue weighted by atomic mass is 16.6. The van der Waals surface area contributed by atoms with E-state index in [4.69, 9.17) is 0 Å². The second-order valence-corrected chi connectivity index (χ2v) is 5.50. The summed E-state index contributed by atoms with van der Waals surface area (Å²) in [5.74, 6) is 1.37. The van der Waals surface area contributed by atoms with Crippen LogP contribution in [0, 0.1) is 23.0 Å². The van der Waals surface area contributed by atoms with E-state index < -0.39 is 0 Å². The zero-order valence-electron chi connectivity index (χ0n) is 12.4. The average molecular weight is 279 g/mol. The third kappa shape index (κ3) is 2.66. The summed E-state index contributed by atoms with van der Waals surface area (Å²) in [6, 6.07) is 0.254. The molecule has 1 aromatic rings. The number of piperidine rings is 1. The summed E-state index contributed by atoms with van der Waals surface area (Å²) in [5, 5.41) is 14.2. The number of hydrogen-bond donors (Lipinski definition) is 1. The van der Waals surface area contributed by atoms with Crippen LogP contribution in [-0.2, 0) is 0 Å². The maximum Gasteiger partial charge on any atom is 0.332 e. The van der Waals surface area contributed by atoms with Crippen LogP contribution in [0.25, 0.3) is 0 Å². The van der Waals surface area contributed by atoms with Crippen LogP contribution in [0.3, 0.4) is 0 Å². The molecule has 0 spiro atoms. The van der Waals surface area contributed by atoms with Crippen molar-refractivity contribution >= 4 is 17.5 Å². The Morgan fingerprint density at radius 3 is 2.65 bits per heavy atom. The van der Waals surface area contributed by atoms with E-state index in [1.165, 1.54) is 0 Å². The standard InChI is InChI=1S/C13H21N5O2/c1-8-5-6-9(2)17(7-8)12-11(18(19)20)10(3)15-13(14-4)16-12/h8-9H,5-7H2,1-4H3,(H,14,15,16). The van der Waals surface area contributed by atoms with Gasteiger partial charge < -0.3 is 10.2 Å². The first-order valence-electron chi connectivity index (χ1n) is 6.91. The van der Waals surface area contributed by atoms with E-state index >= 15 is 0 Å². The Hall–Kier alpha value is -1.92. The molecule has 2 rings (SSSR count). The number of aromatic nitrogens is 2. The number of anilines is 2. The second-order valence-electron chi connectivity index (χ2n) is 5.50. The molecule has 2 heterocycles. The average Bonchev–Trinajstić information content (AvgIpc) is 2.40. The molecule has 0 amide bonds. The first-order chi connectivity index (χ1) is 9.43. The summed E-state index contributed by atoms with van der Waals surface area (Å²) in [4.78, 5) is 21.5. The molecule has 2 unspecified atom stereocenters. The first kappa shape index (κ1) is 14.5. The van der Waals surface area contributed by atoms with Crippen LogP contribution < -0.4 is 10.2 Å². The van der Waals surface area contributed by atoms with E-state index in [-0.39, 0.29) is 16.7 Å². The molecule has 7 heteroatoms. The van der Waals surface area contributed by atoms with Crippen LogP contribution in [0.4, 0.5) is 17.5 Å². The smallest absolute Gasteiger partial charge is 0.332 e. The van der Waals surface area contributed by atoms with E-state index in [0.29, 0.717) is 23.4 Å². The van der Waals surface area contributed by atoms with Gasteiger partial charge in [0.05, 0.1) is 4.92 Å². The Morgan fingerprint density at radius 1 is 1.35 bits per heavy atom. The lowest BCUT2D eigenvalue weighted by molar-refractivity contribution is -0.385. The summed E-state index contributed by atoms with van der Waals surface area (Å²) in [5.41, 5.74) is 0.416. The van der Waals surface area contributed by atoms with Crippen LogP contribution in [0.1, 0.15) is 32.4 Å². The quantitative estimate of drug-likeness (QED) is 0.675. The predicted molar refractivity (Wildman–Crippen MR) is 78.2 cm³/mol. The van der Waals surface area contributed by atoms with Gasteiger partial charge in [0.1, 0.15) is 5.69 Å². The molecule has 0 bridgehead atoms. The molecular formula is C13H21N5O2. The molecule has 1 N–H and O–H groups in total. The Balaban J connectivity index is 2.52. The van der Waals surface area contributed by atoms with Crippen molar-refractivity contribution in [2.75, 3.05) is 23.8 Å². The molecular weight excluding hydrogens is 258 g/mol. The molecule has 1 aromatic heterocycles. The zero-order chi connectivity index (χ0) is 14.9.